The maximum absolute atomic E-state index is 12.4. The topological polar surface area (TPSA) is 157 Å². The standard InChI is InChI=1S/C33H40N4O6/c1-7-20-19(6)32(42)37-27(20)14-25-18(5)23(10-12-31(40)41)29(35-25)15-28-22(9-11-30(38)39)17(4)24(34-28)13-26-16(3)21(8-2)33(43)36-26/h7-8,13-16,18-19,24,34-35H,1,9-12H2,2-6H3,(H,36,43)(H,37,42)(H,38,39)(H,40,41)/b21-8-,25-14-,26-13-,28-15-. The van der Waals surface area contributed by atoms with Gasteiger partial charge in [-0.3, -0.25) is 19.2 Å². The number of carboxylic acid groups (broad SMARTS) is 2. The summed E-state index contributed by atoms with van der Waals surface area (Å²) in [4.78, 5) is 47.8. The lowest BCUT2D eigenvalue weighted by molar-refractivity contribution is -0.138. The van der Waals surface area contributed by atoms with Crippen LogP contribution < -0.4 is 21.3 Å². The van der Waals surface area contributed by atoms with Crippen LogP contribution in [0.2, 0.25) is 0 Å². The zero-order valence-electron chi connectivity index (χ0n) is 25.3. The van der Waals surface area contributed by atoms with Gasteiger partial charge in [0.05, 0.1) is 12.0 Å². The van der Waals surface area contributed by atoms with Crippen molar-refractivity contribution in [2.45, 2.75) is 66.3 Å². The smallest absolute Gasteiger partial charge is 0.303 e. The van der Waals surface area contributed by atoms with Gasteiger partial charge in [0.1, 0.15) is 0 Å². The van der Waals surface area contributed by atoms with Gasteiger partial charge in [0.2, 0.25) is 5.91 Å². The van der Waals surface area contributed by atoms with Crippen LogP contribution >= 0.6 is 0 Å². The van der Waals surface area contributed by atoms with Crippen LogP contribution in [0.15, 0.2) is 93.3 Å². The van der Waals surface area contributed by atoms with Crippen LogP contribution in [0.3, 0.4) is 0 Å². The predicted molar refractivity (Wildman–Crippen MR) is 163 cm³/mol. The molecule has 10 nitrogen and oxygen atoms in total. The average molecular weight is 589 g/mol. The Balaban J connectivity index is 1.73. The molecule has 43 heavy (non-hydrogen) atoms. The Hall–Kier alpha value is -4.60. The Morgan fingerprint density at radius 2 is 1.56 bits per heavy atom. The Kier molecular flexibility index (Phi) is 9.27. The van der Waals surface area contributed by atoms with E-state index in [0.717, 1.165) is 45.1 Å². The highest BCUT2D eigenvalue weighted by atomic mass is 16.4. The van der Waals surface area contributed by atoms with Crippen LogP contribution in [0.5, 0.6) is 0 Å². The Morgan fingerprint density at radius 1 is 0.884 bits per heavy atom. The van der Waals surface area contributed by atoms with Crippen molar-refractivity contribution in [3.63, 3.8) is 0 Å². The lowest BCUT2D eigenvalue weighted by Gasteiger charge is -2.13. The largest absolute Gasteiger partial charge is 0.481 e. The summed E-state index contributed by atoms with van der Waals surface area (Å²) in [6.07, 6.45) is 9.75. The van der Waals surface area contributed by atoms with E-state index >= 15 is 0 Å². The second-order valence-electron chi connectivity index (χ2n) is 11.3. The van der Waals surface area contributed by atoms with E-state index in [1.54, 1.807) is 6.08 Å². The van der Waals surface area contributed by atoms with Crippen LogP contribution in [-0.4, -0.2) is 40.0 Å². The molecule has 4 unspecified atom stereocenters. The number of rotatable bonds is 10. The SMILES string of the molecule is C=CC1=C(/C=C2\NC(/C=C3\NC(/C=C4\NC(=O)/C(=C\C)C4C)C(C)=C3CCC(=O)O)=C(CCC(=O)O)C2C)NC(=O)C1C. The van der Waals surface area contributed by atoms with Gasteiger partial charge in [-0.05, 0) is 74.1 Å². The molecule has 6 N–H and O–H groups in total. The third-order valence-corrected chi connectivity index (χ3v) is 8.74. The lowest BCUT2D eigenvalue weighted by atomic mass is 9.94. The van der Waals surface area contributed by atoms with Crippen LogP contribution in [0.25, 0.3) is 0 Å². The van der Waals surface area contributed by atoms with E-state index in [2.05, 4.69) is 27.8 Å². The van der Waals surface area contributed by atoms with E-state index in [1.165, 1.54) is 0 Å². The van der Waals surface area contributed by atoms with Crippen molar-refractivity contribution in [2.75, 3.05) is 0 Å². The van der Waals surface area contributed by atoms with Gasteiger partial charge in [-0.25, -0.2) is 0 Å². The molecule has 4 rings (SSSR count). The molecule has 0 aliphatic carbocycles. The van der Waals surface area contributed by atoms with Gasteiger partial charge in [-0.15, -0.1) is 0 Å². The second kappa shape index (κ2) is 12.7. The fraction of sp³-hybridized carbons (Fsp3) is 0.394. The fourth-order valence-corrected chi connectivity index (χ4v) is 6.09. The summed E-state index contributed by atoms with van der Waals surface area (Å²) in [5.41, 5.74) is 7.92. The van der Waals surface area contributed by atoms with Gasteiger partial charge in [0.25, 0.3) is 5.91 Å². The highest BCUT2D eigenvalue weighted by Gasteiger charge is 2.34. The molecule has 1 fully saturated rings. The minimum atomic E-state index is -0.908. The molecule has 1 saturated heterocycles. The number of aliphatic carboxylic acids is 2. The third-order valence-electron chi connectivity index (χ3n) is 8.74. The number of hydrogen-bond acceptors (Lipinski definition) is 6. The van der Waals surface area contributed by atoms with E-state index < -0.39 is 11.9 Å². The molecule has 4 atom stereocenters. The van der Waals surface area contributed by atoms with Gasteiger partial charge in [-0.2, -0.15) is 0 Å². The van der Waals surface area contributed by atoms with E-state index in [0.29, 0.717) is 24.1 Å². The summed E-state index contributed by atoms with van der Waals surface area (Å²) in [7, 11) is 0. The summed E-state index contributed by atoms with van der Waals surface area (Å²) in [6, 6.07) is -0.267. The van der Waals surface area contributed by atoms with Crippen molar-refractivity contribution < 1.29 is 29.4 Å². The van der Waals surface area contributed by atoms with Crippen molar-refractivity contribution in [2.24, 2.45) is 17.8 Å². The van der Waals surface area contributed by atoms with Crippen LogP contribution in [0.1, 0.15) is 60.3 Å². The van der Waals surface area contributed by atoms with Gasteiger partial charge in [0, 0.05) is 58.7 Å². The number of hydrogen-bond donors (Lipinski definition) is 6. The zero-order valence-corrected chi connectivity index (χ0v) is 25.3. The molecule has 228 valence electrons. The number of carbonyl (C=O) groups is 4. The molecule has 0 aromatic carbocycles. The molecule has 4 aliphatic rings. The minimum Gasteiger partial charge on any atom is -0.481 e. The maximum atomic E-state index is 12.4. The van der Waals surface area contributed by atoms with Gasteiger partial charge in [-0.1, -0.05) is 32.6 Å². The van der Waals surface area contributed by atoms with Crippen LogP contribution in [0, 0.1) is 17.8 Å². The maximum Gasteiger partial charge on any atom is 0.303 e. The van der Waals surface area contributed by atoms with E-state index in [4.69, 9.17) is 0 Å². The number of allylic oxidation sites excluding steroid dienone is 7. The van der Waals surface area contributed by atoms with Crippen molar-refractivity contribution in [1.29, 1.82) is 0 Å². The summed E-state index contributed by atoms with van der Waals surface area (Å²) >= 11 is 0. The highest BCUT2D eigenvalue weighted by Crippen LogP contribution is 2.37. The zero-order chi connectivity index (χ0) is 31.6. The quantitative estimate of drug-likeness (QED) is 0.209. The van der Waals surface area contributed by atoms with Crippen molar-refractivity contribution in [3.05, 3.63) is 93.3 Å². The molecule has 0 bridgehead atoms. The summed E-state index contributed by atoms with van der Waals surface area (Å²) < 4.78 is 0. The average Bonchev–Trinajstić information content (AvgIpc) is 3.59. The summed E-state index contributed by atoms with van der Waals surface area (Å²) in [6.45, 7) is 13.4. The molecule has 0 aromatic rings. The first-order valence-electron chi connectivity index (χ1n) is 14.6. The molecule has 4 heterocycles. The number of carbonyl (C=O) groups excluding carboxylic acids is 2. The van der Waals surface area contributed by atoms with Crippen molar-refractivity contribution >= 4 is 23.8 Å². The normalized spacial score (nSPS) is 29.2. The Bertz CT molecular complexity index is 1500. The minimum absolute atomic E-state index is 0.0521. The number of amides is 2. The molecule has 2 amide bonds. The van der Waals surface area contributed by atoms with Gasteiger partial charge < -0.3 is 31.5 Å². The summed E-state index contributed by atoms with van der Waals surface area (Å²) in [5, 5.41) is 31.7. The van der Waals surface area contributed by atoms with E-state index in [1.807, 2.05) is 58.9 Å². The fourth-order valence-electron chi connectivity index (χ4n) is 6.09. The Morgan fingerprint density at radius 3 is 2.16 bits per heavy atom. The first-order chi connectivity index (χ1) is 20.4. The van der Waals surface area contributed by atoms with Crippen LogP contribution in [0.4, 0.5) is 0 Å². The van der Waals surface area contributed by atoms with E-state index in [-0.39, 0.29) is 48.5 Å². The first kappa shape index (κ1) is 31.3. The van der Waals surface area contributed by atoms with Gasteiger partial charge in [0.15, 0.2) is 0 Å². The molecule has 0 spiro atoms. The number of nitrogens with one attached hydrogen (secondary N) is 4. The summed E-state index contributed by atoms with van der Waals surface area (Å²) in [5.74, 6) is -2.62. The molecule has 0 saturated carbocycles. The lowest BCUT2D eigenvalue weighted by Crippen LogP contribution is -2.24. The molecule has 0 aromatic heterocycles. The monoisotopic (exact) mass is 588 g/mol. The second-order valence-corrected chi connectivity index (χ2v) is 11.3. The molecule has 10 heteroatoms. The Labute approximate surface area is 251 Å². The first-order valence-corrected chi connectivity index (χ1v) is 14.6. The van der Waals surface area contributed by atoms with Crippen LogP contribution in [-0.2, 0) is 19.2 Å². The molecule has 0 radical (unpaired) electrons. The van der Waals surface area contributed by atoms with Crippen molar-refractivity contribution in [3.8, 4) is 0 Å². The third kappa shape index (κ3) is 6.43. The molecule has 4 aliphatic heterocycles. The molecular formula is C33H40N4O6. The number of carboxylic acids is 2. The van der Waals surface area contributed by atoms with Crippen molar-refractivity contribution in [1.82, 2.24) is 21.3 Å². The van der Waals surface area contributed by atoms with Gasteiger partial charge >= 0.3 is 11.9 Å². The van der Waals surface area contributed by atoms with E-state index in [9.17, 15) is 29.4 Å². The highest BCUT2D eigenvalue weighted by molar-refractivity contribution is 5.98. The predicted octanol–water partition coefficient (Wildman–Crippen LogP) is 4.07. The molecular weight excluding hydrogens is 548 g/mol.